The van der Waals surface area contributed by atoms with Crippen molar-refractivity contribution < 1.29 is 4.63 Å². The average molecular weight is 207 g/mol. The lowest BCUT2D eigenvalue weighted by Crippen LogP contribution is -2.20. The largest absolute Gasteiger partial charge is 0.309 e. The maximum absolute atomic E-state index is 4.59. The van der Waals surface area contributed by atoms with Crippen molar-refractivity contribution in [2.75, 3.05) is 6.54 Å². The fraction of sp³-hybridized carbons (Fsp3) is 0.444. The van der Waals surface area contributed by atoms with Crippen LogP contribution in [0.5, 0.6) is 0 Å². The fourth-order valence-electron chi connectivity index (χ4n) is 1.24. The third-order valence-electron chi connectivity index (χ3n) is 2.12. The second kappa shape index (κ2) is 4.70. The van der Waals surface area contributed by atoms with E-state index in [1.165, 1.54) is 0 Å². The monoisotopic (exact) mass is 207 g/mol. The molecule has 6 nitrogen and oxygen atoms in total. The van der Waals surface area contributed by atoms with Crippen molar-refractivity contribution in [1.82, 2.24) is 25.4 Å². The molecule has 1 N–H and O–H groups in total. The highest BCUT2D eigenvalue weighted by Gasteiger charge is 2.03. The van der Waals surface area contributed by atoms with Crippen LogP contribution in [0.2, 0.25) is 0 Å². The maximum atomic E-state index is 4.59. The SMILES string of the molecule is Cc1nonc1CNCCn1cccn1. The van der Waals surface area contributed by atoms with Crippen LogP contribution in [0.25, 0.3) is 0 Å². The van der Waals surface area contributed by atoms with Crippen LogP contribution in [0.1, 0.15) is 11.4 Å². The summed E-state index contributed by atoms with van der Waals surface area (Å²) in [6, 6.07) is 1.91. The van der Waals surface area contributed by atoms with Gasteiger partial charge in [0.05, 0.1) is 6.54 Å². The quantitative estimate of drug-likeness (QED) is 0.717. The Balaban J connectivity index is 1.70. The summed E-state index contributed by atoms with van der Waals surface area (Å²) in [6.07, 6.45) is 3.70. The van der Waals surface area contributed by atoms with Gasteiger partial charge in [0, 0.05) is 25.5 Å². The van der Waals surface area contributed by atoms with E-state index in [0.717, 1.165) is 24.5 Å². The maximum Gasteiger partial charge on any atom is 0.121 e. The third kappa shape index (κ3) is 2.63. The Morgan fingerprint density at radius 3 is 3.07 bits per heavy atom. The average Bonchev–Trinajstić information content (AvgIpc) is 2.85. The Morgan fingerprint density at radius 2 is 2.40 bits per heavy atom. The molecule has 2 rings (SSSR count). The van der Waals surface area contributed by atoms with E-state index < -0.39 is 0 Å². The Morgan fingerprint density at radius 1 is 1.47 bits per heavy atom. The lowest BCUT2D eigenvalue weighted by atomic mass is 10.3. The minimum atomic E-state index is 0.677. The van der Waals surface area contributed by atoms with Crippen LogP contribution in [-0.2, 0) is 13.1 Å². The summed E-state index contributed by atoms with van der Waals surface area (Å²) >= 11 is 0. The van der Waals surface area contributed by atoms with Crippen molar-refractivity contribution >= 4 is 0 Å². The first-order valence-corrected chi connectivity index (χ1v) is 4.82. The van der Waals surface area contributed by atoms with Crippen LogP contribution >= 0.6 is 0 Å². The van der Waals surface area contributed by atoms with Crippen molar-refractivity contribution in [3.8, 4) is 0 Å². The molecule has 0 radical (unpaired) electrons. The summed E-state index contributed by atoms with van der Waals surface area (Å²) in [6.45, 7) is 4.24. The second-order valence-corrected chi connectivity index (χ2v) is 3.24. The molecule has 0 saturated heterocycles. The van der Waals surface area contributed by atoms with E-state index in [1.807, 2.05) is 23.9 Å². The molecule has 0 amide bonds. The zero-order valence-corrected chi connectivity index (χ0v) is 8.55. The van der Waals surface area contributed by atoms with E-state index in [-0.39, 0.29) is 0 Å². The molecule has 2 aromatic heterocycles. The normalized spacial score (nSPS) is 10.7. The van der Waals surface area contributed by atoms with Crippen LogP contribution in [0.4, 0.5) is 0 Å². The molecule has 0 atom stereocenters. The standard InChI is InChI=1S/C9H13N5O/c1-8-9(13-15-12-8)7-10-4-6-14-5-2-3-11-14/h2-3,5,10H,4,6-7H2,1H3. The van der Waals surface area contributed by atoms with Gasteiger partial charge in [-0.2, -0.15) is 5.10 Å². The third-order valence-corrected chi connectivity index (χ3v) is 2.12. The van der Waals surface area contributed by atoms with Gasteiger partial charge in [0.1, 0.15) is 11.4 Å². The van der Waals surface area contributed by atoms with Gasteiger partial charge < -0.3 is 5.32 Å². The predicted molar refractivity (Wildman–Crippen MR) is 53.0 cm³/mol. The molecule has 0 aliphatic rings. The summed E-state index contributed by atoms with van der Waals surface area (Å²) < 4.78 is 6.47. The van der Waals surface area contributed by atoms with Gasteiger partial charge in [-0.25, -0.2) is 4.63 Å². The molecule has 0 aliphatic carbocycles. The van der Waals surface area contributed by atoms with Gasteiger partial charge in [0.2, 0.25) is 0 Å². The fourth-order valence-corrected chi connectivity index (χ4v) is 1.24. The van der Waals surface area contributed by atoms with E-state index in [4.69, 9.17) is 0 Å². The summed E-state index contributed by atoms with van der Waals surface area (Å²) in [5, 5.41) is 14.8. The van der Waals surface area contributed by atoms with Crippen molar-refractivity contribution in [1.29, 1.82) is 0 Å². The van der Waals surface area contributed by atoms with Crippen LogP contribution in [0, 0.1) is 6.92 Å². The van der Waals surface area contributed by atoms with Gasteiger partial charge in [-0.15, -0.1) is 0 Å². The summed E-state index contributed by atoms with van der Waals surface area (Å²) in [4.78, 5) is 0. The Labute approximate surface area is 87.2 Å². The lowest BCUT2D eigenvalue weighted by molar-refractivity contribution is 0.300. The Kier molecular flexibility index (Phi) is 3.08. The smallest absolute Gasteiger partial charge is 0.121 e. The molecular weight excluding hydrogens is 194 g/mol. The van der Waals surface area contributed by atoms with Crippen LogP contribution in [0.15, 0.2) is 23.1 Å². The number of hydrogen-bond acceptors (Lipinski definition) is 5. The molecule has 80 valence electrons. The van der Waals surface area contributed by atoms with Gasteiger partial charge in [0.25, 0.3) is 0 Å². The summed E-state index contributed by atoms with van der Waals surface area (Å²) in [5.41, 5.74) is 1.69. The molecule has 0 aliphatic heterocycles. The topological polar surface area (TPSA) is 68.8 Å². The van der Waals surface area contributed by atoms with Crippen LogP contribution in [0.3, 0.4) is 0 Å². The van der Waals surface area contributed by atoms with E-state index >= 15 is 0 Å². The molecule has 0 saturated carbocycles. The number of nitrogens with zero attached hydrogens (tertiary/aromatic N) is 4. The highest BCUT2D eigenvalue weighted by molar-refractivity contribution is 5.03. The Bertz CT molecular complexity index is 394. The molecule has 2 aromatic rings. The van der Waals surface area contributed by atoms with E-state index in [1.54, 1.807) is 6.20 Å². The van der Waals surface area contributed by atoms with Crippen molar-refractivity contribution in [3.63, 3.8) is 0 Å². The number of aromatic nitrogens is 4. The number of nitrogens with one attached hydrogen (secondary N) is 1. The second-order valence-electron chi connectivity index (χ2n) is 3.24. The highest BCUT2D eigenvalue weighted by atomic mass is 16.6. The number of aryl methyl sites for hydroxylation is 1. The van der Waals surface area contributed by atoms with Gasteiger partial charge in [-0.1, -0.05) is 10.3 Å². The molecule has 0 aromatic carbocycles. The summed E-state index contributed by atoms with van der Waals surface area (Å²) in [5.74, 6) is 0. The van der Waals surface area contributed by atoms with Crippen LogP contribution < -0.4 is 5.32 Å². The molecule has 0 fully saturated rings. The molecule has 0 bridgehead atoms. The first-order valence-electron chi connectivity index (χ1n) is 4.82. The predicted octanol–water partition coefficient (Wildman–Crippen LogP) is 0.364. The van der Waals surface area contributed by atoms with Crippen molar-refractivity contribution in [2.24, 2.45) is 0 Å². The number of hydrogen-bond donors (Lipinski definition) is 1. The molecular formula is C9H13N5O. The van der Waals surface area contributed by atoms with E-state index in [9.17, 15) is 0 Å². The van der Waals surface area contributed by atoms with Crippen LogP contribution in [-0.4, -0.2) is 26.6 Å². The molecule has 15 heavy (non-hydrogen) atoms. The molecule has 0 spiro atoms. The number of rotatable bonds is 5. The zero-order chi connectivity index (χ0) is 10.5. The molecule has 0 unspecified atom stereocenters. The minimum absolute atomic E-state index is 0.677. The molecule has 2 heterocycles. The van der Waals surface area contributed by atoms with Crippen molar-refractivity contribution in [2.45, 2.75) is 20.0 Å². The first kappa shape index (κ1) is 9.85. The zero-order valence-electron chi connectivity index (χ0n) is 8.55. The van der Waals surface area contributed by atoms with Gasteiger partial charge in [-0.05, 0) is 13.0 Å². The lowest BCUT2D eigenvalue weighted by Gasteiger charge is -2.02. The summed E-state index contributed by atoms with van der Waals surface area (Å²) in [7, 11) is 0. The van der Waals surface area contributed by atoms with E-state index in [0.29, 0.717) is 6.54 Å². The minimum Gasteiger partial charge on any atom is -0.309 e. The first-order chi connectivity index (χ1) is 7.36. The van der Waals surface area contributed by atoms with Crippen molar-refractivity contribution in [3.05, 3.63) is 29.8 Å². The highest BCUT2D eigenvalue weighted by Crippen LogP contribution is 1.98. The van der Waals surface area contributed by atoms with Gasteiger partial charge in [0.15, 0.2) is 0 Å². The van der Waals surface area contributed by atoms with Gasteiger partial charge >= 0.3 is 0 Å². The van der Waals surface area contributed by atoms with E-state index in [2.05, 4.69) is 25.4 Å². The molecule has 6 heteroatoms. The Hall–Kier alpha value is -1.69. The van der Waals surface area contributed by atoms with Gasteiger partial charge in [-0.3, -0.25) is 4.68 Å².